The van der Waals surface area contributed by atoms with Gasteiger partial charge in [-0.3, -0.25) is 10.1 Å². The van der Waals surface area contributed by atoms with Gasteiger partial charge < -0.3 is 9.64 Å². The summed E-state index contributed by atoms with van der Waals surface area (Å²) < 4.78 is 5.80. The van der Waals surface area contributed by atoms with Crippen molar-refractivity contribution in [2.24, 2.45) is 0 Å². The Balaban J connectivity index is 2.30. The molecule has 1 saturated carbocycles. The molecule has 0 N–H and O–H groups in total. The molecule has 0 saturated heterocycles. The van der Waals surface area contributed by atoms with Crippen molar-refractivity contribution in [2.45, 2.75) is 18.9 Å². The van der Waals surface area contributed by atoms with Crippen LogP contribution < -0.4 is 4.90 Å². The van der Waals surface area contributed by atoms with Gasteiger partial charge in [-0.1, -0.05) is 15.9 Å². The Morgan fingerprint density at radius 2 is 2.28 bits per heavy atom. The van der Waals surface area contributed by atoms with Gasteiger partial charge in [0.2, 0.25) is 0 Å². The van der Waals surface area contributed by atoms with E-state index in [9.17, 15) is 10.1 Å². The third kappa shape index (κ3) is 3.00. The van der Waals surface area contributed by atoms with Crippen LogP contribution in [0.25, 0.3) is 0 Å². The Labute approximate surface area is 114 Å². The molecule has 18 heavy (non-hydrogen) atoms. The number of benzene rings is 1. The van der Waals surface area contributed by atoms with Crippen LogP contribution in [0.3, 0.4) is 0 Å². The Morgan fingerprint density at radius 1 is 1.56 bits per heavy atom. The first-order chi connectivity index (χ1) is 8.63. The number of anilines is 1. The summed E-state index contributed by atoms with van der Waals surface area (Å²) in [5.74, 6) is 0. The van der Waals surface area contributed by atoms with Crippen molar-refractivity contribution < 1.29 is 9.66 Å². The zero-order valence-corrected chi connectivity index (χ0v) is 11.7. The number of halogens is 1. The molecule has 0 radical (unpaired) electrons. The fourth-order valence-corrected chi connectivity index (χ4v) is 2.31. The average Bonchev–Trinajstić information content (AvgIpc) is 3.15. The molecule has 0 bridgehead atoms. The third-order valence-electron chi connectivity index (χ3n) is 2.97. The topological polar surface area (TPSA) is 55.6 Å². The summed E-state index contributed by atoms with van der Waals surface area (Å²) in [6, 6.07) is 5.61. The molecule has 0 spiro atoms. The Hall–Kier alpha value is -1.14. The number of methoxy groups -OCH3 is 1. The van der Waals surface area contributed by atoms with Crippen molar-refractivity contribution in [1.29, 1.82) is 0 Å². The molecule has 1 fully saturated rings. The zero-order valence-electron chi connectivity index (χ0n) is 10.1. The predicted octanol–water partition coefficient (Wildman–Crippen LogP) is 2.97. The molecule has 0 aliphatic heterocycles. The molecule has 1 aliphatic carbocycles. The van der Waals surface area contributed by atoms with E-state index in [0.717, 1.165) is 17.3 Å². The Morgan fingerprint density at radius 3 is 2.83 bits per heavy atom. The molecular weight excluding hydrogens is 300 g/mol. The molecule has 6 heteroatoms. The lowest BCUT2D eigenvalue weighted by Crippen LogP contribution is -2.30. The fraction of sp³-hybridized carbons (Fsp3) is 0.500. The monoisotopic (exact) mass is 314 g/mol. The van der Waals surface area contributed by atoms with E-state index in [1.807, 2.05) is 6.07 Å². The molecule has 0 aromatic heterocycles. The molecular formula is C12H15BrN2O3. The quantitative estimate of drug-likeness (QED) is 0.598. The van der Waals surface area contributed by atoms with Gasteiger partial charge in [-0.15, -0.1) is 0 Å². The van der Waals surface area contributed by atoms with Gasteiger partial charge in [0.05, 0.1) is 11.5 Å². The summed E-state index contributed by atoms with van der Waals surface area (Å²) in [7, 11) is 1.64. The van der Waals surface area contributed by atoms with E-state index in [4.69, 9.17) is 4.74 Å². The number of nitro benzene ring substituents is 1. The van der Waals surface area contributed by atoms with Crippen LogP contribution in [0.4, 0.5) is 11.4 Å². The van der Waals surface area contributed by atoms with Gasteiger partial charge >= 0.3 is 0 Å². The highest BCUT2D eigenvalue weighted by Crippen LogP contribution is 2.37. The summed E-state index contributed by atoms with van der Waals surface area (Å²) in [5.41, 5.74) is 0.829. The smallest absolute Gasteiger partial charge is 0.293 e. The van der Waals surface area contributed by atoms with Crippen molar-refractivity contribution in [3.8, 4) is 0 Å². The maximum absolute atomic E-state index is 11.1. The number of nitro groups is 1. The second-order valence-electron chi connectivity index (χ2n) is 4.31. The van der Waals surface area contributed by atoms with Gasteiger partial charge in [-0.25, -0.2) is 0 Å². The average molecular weight is 315 g/mol. The van der Waals surface area contributed by atoms with Crippen molar-refractivity contribution in [1.82, 2.24) is 0 Å². The van der Waals surface area contributed by atoms with Crippen LogP contribution in [0.2, 0.25) is 0 Å². The summed E-state index contributed by atoms with van der Waals surface area (Å²) in [6.45, 7) is 1.26. The molecule has 2 rings (SSSR count). The van der Waals surface area contributed by atoms with E-state index in [2.05, 4.69) is 20.8 Å². The van der Waals surface area contributed by atoms with E-state index in [1.54, 1.807) is 19.2 Å². The van der Waals surface area contributed by atoms with Crippen molar-refractivity contribution in [3.05, 3.63) is 32.8 Å². The molecule has 1 aliphatic rings. The van der Waals surface area contributed by atoms with Crippen LogP contribution in [0.15, 0.2) is 22.7 Å². The molecule has 0 amide bonds. The normalized spacial score (nSPS) is 14.6. The molecule has 1 aromatic rings. The SMILES string of the molecule is COCCN(c1ccc(Br)cc1[N+](=O)[O-])C1CC1. The minimum absolute atomic E-state index is 0.146. The van der Waals surface area contributed by atoms with E-state index < -0.39 is 0 Å². The molecule has 1 aromatic carbocycles. The number of rotatable bonds is 6. The Kier molecular flexibility index (Phi) is 4.19. The van der Waals surface area contributed by atoms with Crippen molar-refractivity contribution in [2.75, 3.05) is 25.2 Å². The third-order valence-corrected chi connectivity index (χ3v) is 3.46. The first kappa shape index (κ1) is 13.3. The lowest BCUT2D eigenvalue weighted by Gasteiger charge is -2.24. The highest BCUT2D eigenvalue weighted by molar-refractivity contribution is 9.10. The van der Waals surface area contributed by atoms with Crippen molar-refractivity contribution in [3.63, 3.8) is 0 Å². The molecule has 0 unspecified atom stereocenters. The van der Waals surface area contributed by atoms with Gasteiger partial charge in [-0.2, -0.15) is 0 Å². The van der Waals surface area contributed by atoms with Gasteiger partial charge in [0.15, 0.2) is 0 Å². The largest absolute Gasteiger partial charge is 0.383 e. The van der Waals surface area contributed by atoms with Gasteiger partial charge in [0, 0.05) is 30.2 Å². The summed E-state index contributed by atoms with van der Waals surface area (Å²) in [5, 5.41) is 11.1. The molecule has 0 heterocycles. The summed E-state index contributed by atoms with van der Waals surface area (Å²) in [6.07, 6.45) is 2.19. The highest BCUT2D eigenvalue weighted by Gasteiger charge is 2.32. The van der Waals surface area contributed by atoms with E-state index in [-0.39, 0.29) is 10.6 Å². The second kappa shape index (κ2) is 5.67. The fourth-order valence-electron chi connectivity index (χ4n) is 1.96. The first-order valence-electron chi connectivity index (χ1n) is 5.83. The summed E-state index contributed by atoms with van der Waals surface area (Å²) in [4.78, 5) is 12.9. The molecule has 98 valence electrons. The van der Waals surface area contributed by atoms with Gasteiger partial charge in [0.1, 0.15) is 5.69 Å². The first-order valence-corrected chi connectivity index (χ1v) is 6.62. The van der Waals surface area contributed by atoms with Crippen LogP contribution in [0, 0.1) is 10.1 Å². The molecule has 0 atom stereocenters. The predicted molar refractivity (Wildman–Crippen MR) is 73.0 cm³/mol. The van der Waals surface area contributed by atoms with Crippen molar-refractivity contribution >= 4 is 27.3 Å². The maximum Gasteiger partial charge on any atom is 0.293 e. The molecule has 5 nitrogen and oxygen atoms in total. The number of nitrogens with zero attached hydrogens (tertiary/aromatic N) is 2. The number of hydrogen-bond acceptors (Lipinski definition) is 4. The number of hydrogen-bond donors (Lipinski definition) is 0. The van der Waals surface area contributed by atoms with Crippen LogP contribution in [-0.2, 0) is 4.74 Å². The zero-order chi connectivity index (χ0) is 13.1. The standard InChI is InChI=1S/C12H15BrN2O3/c1-18-7-6-14(10-3-4-10)11-5-2-9(13)8-12(11)15(16)17/h2,5,8,10H,3-4,6-7H2,1H3. The Bertz CT molecular complexity index is 449. The minimum Gasteiger partial charge on any atom is -0.383 e. The number of ether oxygens (including phenoxy) is 1. The second-order valence-corrected chi connectivity index (χ2v) is 5.22. The van der Waals surface area contributed by atoms with Crippen LogP contribution in [-0.4, -0.2) is 31.2 Å². The van der Waals surface area contributed by atoms with E-state index in [1.165, 1.54) is 0 Å². The van der Waals surface area contributed by atoms with E-state index >= 15 is 0 Å². The maximum atomic E-state index is 11.1. The lowest BCUT2D eigenvalue weighted by atomic mass is 10.2. The minimum atomic E-state index is -0.331. The van der Waals surface area contributed by atoms with Gasteiger partial charge in [-0.05, 0) is 25.0 Å². The lowest BCUT2D eigenvalue weighted by molar-refractivity contribution is -0.384. The van der Waals surface area contributed by atoms with E-state index in [0.29, 0.717) is 24.9 Å². The highest BCUT2D eigenvalue weighted by atomic mass is 79.9. The van der Waals surface area contributed by atoms with Crippen LogP contribution in [0.5, 0.6) is 0 Å². The summed E-state index contributed by atoms with van der Waals surface area (Å²) >= 11 is 3.27. The van der Waals surface area contributed by atoms with Crippen LogP contribution in [0.1, 0.15) is 12.8 Å². The van der Waals surface area contributed by atoms with Gasteiger partial charge in [0.25, 0.3) is 5.69 Å². The van der Waals surface area contributed by atoms with Crippen LogP contribution >= 0.6 is 15.9 Å².